The first-order chi connectivity index (χ1) is 29.3. The van der Waals surface area contributed by atoms with Crippen LogP contribution in [0.15, 0.2) is 85.2 Å². The number of halogens is 3. The van der Waals surface area contributed by atoms with Crippen LogP contribution in [0.1, 0.15) is 89.3 Å². The number of anilines is 1. The van der Waals surface area contributed by atoms with Crippen LogP contribution in [0, 0.1) is 11.8 Å². The fourth-order valence-electron chi connectivity index (χ4n) is 7.35. The molecule has 1 saturated carbocycles. The fourth-order valence-corrected chi connectivity index (χ4v) is 7.35. The van der Waals surface area contributed by atoms with E-state index in [1.54, 1.807) is 63.5 Å². The maximum absolute atomic E-state index is 14.9. The molecule has 4 aromatic rings. The van der Waals surface area contributed by atoms with E-state index in [0.29, 0.717) is 31.4 Å². The maximum Gasteiger partial charge on any atom is 0.417 e. The van der Waals surface area contributed by atoms with Gasteiger partial charge in [-0.05, 0) is 129 Å². The highest BCUT2D eigenvalue weighted by molar-refractivity contribution is 5.98. The fraction of sp³-hybridized carbons (Fsp3) is 0.447. The van der Waals surface area contributed by atoms with Gasteiger partial charge < -0.3 is 40.2 Å². The minimum atomic E-state index is -4.88. The number of carbonyl (C=O) groups excluding carboxylic acids is 3. The normalized spacial score (nSPS) is 19.0. The maximum atomic E-state index is 14.9. The van der Waals surface area contributed by atoms with E-state index in [9.17, 15) is 42.9 Å². The van der Waals surface area contributed by atoms with Crippen molar-refractivity contribution in [3.63, 3.8) is 0 Å². The summed E-state index contributed by atoms with van der Waals surface area (Å²) in [5.74, 6) is -2.49. The molecule has 1 aliphatic rings. The number of fused-ring (bicyclic) bond motifs is 1. The molecule has 5 N–H and O–H groups in total. The predicted octanol–water partition coefficient (Wildman–Crippen LogP) is 8.46. The van der Waals surface area contributed by atoms with E-state index in [0.717, 1.165) is 16.8 Å². The van der Waals surface area contributed by atoms with Gasteiger partial charge in [-0.3, -0.25) is 14.6 Å². The number of alkyl carbamates (subject to hydrolysis) is 1. The third-order valence-corrected chi connectivity index (χ3v) is 10.7. The molecule has 1 aromatic heterocycles. The Hall–Kier alpha value is -5.51. The van der Waals surface area contributed by atoms with Gasteiger partial charge in [0, 0.05) is 36.4 Å². The molecule has 0 spiro atoms. The topological polar surface area (TPSA) is 177 Å². The molecule has 2 unspecified atom stereocenters. The Bertz CT molecular complexity index is 2200. The number of aliphatic hydroxyl groups is 3. The number of ether oxygens (including phenoxy) is 3. The smallest absolute Gasteiger partial charge is 0.417 e. The Morgan fingerprint density at radius 3 is 2.42 bits per heavy atom. The van der Waals surface area contributed by atoms with E-state index in [4.69, 9.17) is 14.2 Å². The number of hydrogen-bond acceptors (Lipinski definition) is 10. The van der Waals surface area contributed by atoms with E-state index >= 15 is 0 Å². The number of alkyl halides is 3. The zero-order valence-electron chi connectivity index (χ0n) is 35.6. The lowest BCUT2D eigenvalue weighted by Gasteiger charge is -2.23. The zero-order valence-corrected chi connectivity index (χ0v) is 35.6. The first-order valence-electron chi connectivity index (χ1n) is 20.7. The van der Waals surface area contributed by atoms with Gasteiger partial charge in [-0.1, -0.05) is 43.3 Å². The van der Waals surface area contributed by atoms with Crippen LogP contribution in [-0.2, 0) is 31.8 Å². The molecule has 62 heavy (non-hydrogen) atoms. The SMILES string of the molecule is C[C@@H]1C(C/C=C\CCCC(=O)OCc2ccc(C(CNC(=O)OC(C)(C)C)C(=O)Nc3ccc4cnccc4c3)cc2-c2ccc(OC[C@@H](C)O)cc2C(F)(F)F)[C@@H](O)C[C@H]1O. The van der Waals surface area contributed by atoms with Gasteiger partial charge >= 0.3 is 18.2 Å². The van der Waals surface area contributed by atoms with Gasteiger partial charge in [0.05, 0.1) is 29.8 Å². The molecule has 0 aliphatic heterocycles. The van der Waals surface area contributed by atoms with E-state index < -0.39 is 59.5 Å². The third-order valence-electron chi connectivity index (χ3n) is 10.7. The van der Waals surface area contributed by atoms with Crippen molar-refractivity contribution in [3.05, 3.63) is 102 Å². The Labute approximate surface area is 359 Å². The lowest BCUT2D eigenvalue weighted by molar-refractivity contribution is -0.145. The molecular weight excluding hydrogens is 808 g/mol. The summed E-state index contributed by atoms with van der Waals surface area (Å²) in [5.41, 5.74) is -1.27. The van der Waals surface area contributed by atoms with E-state index in [1.807, 2.05) is 19.1 Å². The van der Waals surface area contributed by atoms with Gasteiger partial charge in [-0.25, -0.2) is 4.79 Å². The van der Waals surface area contributed by atoms with Crippen molar-refractivity contribution in [2.24, 2.45) is 11.8 Å². The summed E-state index contributed by atoms with van der Waals surface area (Å²) < 4.78 is 61.0. The molecule has 0 radical (unpaired) electrons. The molecule has 15 heteroatoms. The van der Waals surface area contributed by atoms with Crippen molar-refractivity contribution >= 4 is 34.4 Å². The van der Waals surface area contributed by atoms with Gasteiger partial charge in [0.2, 0.25) is 5.91 Å². The number of nitrogens with one attached hydrogen (secondary N) is 2. The third kappa shape index (κ3) is 13.5. The standard InChI is InChI=1S/C47H56F3N3O9/c1-28(54)26-60-35-16-17-37(40(22-35)47(48,49)50)38-21-31(12-13-33(38)27-61-43(57)11-9-7-6-8-10-36-29(2)41(55)23-42(36)56)39(25-52-45(59)62-46(3,4)5)44(58)53-34-15-14-32-24-51-19-18-30(32)20-34/h6,8,12-22,24,28-29,36,39,41-42,54-56H,7,9-11,23,25-27H2,1-5H3,(H,52,59)(H,53,58)/b8-6-/t28-,29-,36?,39?,41-,42+/m1/s1. The van der Waals surface area contributed by atoms with Gasteiger partial charge in [-0.2, -0.15) is 13.2 Å². The van der Waals surface area contributed by atoms with Crippen LogP contribution in [0.4, 0.5) is 23.7 Å². The average molecular weight is 864 g/mol. The number of unbranched alkanes of at least 4 members (excludes halogenated alkanes) is 1. The van der Waals surface area contributed by atoms with E-state index in [2.05, 4.69) is 15.6 Å². The van der Waals surface area contributed by atoms with Crippen LogP contribution >= 0.6 is 0 Å². The second-order valence-electron chi connectivity index (χ2n) is 16.8. The van der Waals surface area contributed by atoms with Gasteiger partial charge in [0.1, 0.15) is 24.6 Å². The van der Waals surface area contributed by atoms with Crippen molar-refractivity contribution in [1.82, 2.24) is 10.3 Å². The molecule has 0 saturated heterocycles. The van der Waals surface area contributed by atoms with Crippen molar-refractivity contribution in [3.8, 4) is 16.9 Å². The molecule has 5 rings (SSSR count). The second kappa shape index (κ2) is 21.0. The molecule has 0 bridgehead atoms. The summed E-state index contributed by atoms with van der Waals surface area (Å²) in [5, 5.41) is 37.1. The number of pyridine rings is 1. The number of allylic oxidation sites excluding steroid dienone is 2. The summed E-state index contributed by atoms with van der Waals surface area (Å²) >= 11 is 0. The highest BCUT2D eigenvalue weighted by Crippen LogP contribution is 2.42. The number of amides is 2. The summed E-state index contributed by atoms with van der Waals surface area (Å²) in [6.07, 6.45) is 1.35. The Kier molecular flexibility index (Phi) is 16.1. The first kappa shape index (κ1) is 47.5. The lowest BCUT2D eigenvalue weighted by Crippen LogP contribution is -2.37. The van der Waals surface area contributed by atoms with E-state index in [1.165, 1.54) is 31.2 Å². The summed E-state index contributed by atoms with van der Waals surface area (Å²) in [6.45, 7) is 7.46. The molecule has 1 aliphatic carbocycles. The number of hydrogen-bond donors (Lipinski definition) is 5. The molecule has 12 nitrogen and oxygen atoms in total. The number of aromatic nitrogens is 1. The Morgan fingerprint density at radius 2 is 1.73 bits per heavy atom. The minimum Gasteiger partial charge on any atom is -0.491 e. The van der Waals surface area contributed by atoms with Crippen molar-refractivity contribution in [2.45, 2.75) is 109 Å². The largest absolute Gasteiger partial charge is 0.491 e. The zero-order chi connectivity index (χ0) is 45.2. The highest BCUT2D eigenvalue weighted by atomic mass is 19.4. The number of nitrogens with zero attached hydrogens (tertiary/aromatic N) is 1. The molecule has 2 amide bonds. The van der Waals surface area contributed by atoms with Crippen LogP contribution in [0.25, 0.3) is 21.9 Å². The number of benzene rings is 3. The molecular formula is C47H56F3N3O9. The summed E-state index contributed by atoms with van der Waals surface area (Å²) in [6, 6.07) is 14.8. The number of aliphatic hydroxyl groups excluding tert-OH is 3. The average Bonchev–Trinajstić information content (AvgIpc) is 3.45. The predicted molar refractivity (Wildman–Crippen MR) is 228 cm³/mol. The second-order valence-corrected chi connectivity index (χ2v) is 16.8. The van der Waals surface area contributed by atoms with Crippen LogP contribution in [0.5, 0.6) is 5.75 Å². The van der Waals surface area contributed by atoms with Gasteiger partial charge in [0.15, 0.2) is 0 Å². The van der Waals surface area contributed by atoms with Crippen molar-refractivity contribution in [2.75, 3.05) is 18.5 Å². The van der Waals surface area contributed by atoms with Crippen LogP contribution in [0.3, 0.4) is 0 Å². The van der Waals surface area contributed by atoms with Crippen LogP contribution < -0.4 is 15.4 Å². The van der Waals surface area contributed by atoms with Gasteiger partial charge in [0.25, 0.3) is 0 Å². The van der Waals surface area contributed by atoms with Crippen molar-refractivity contribution < 1.29 is 57.1 Å². The monoisotopic (exact) mass is 863 g/mol. The lowest BCUT2D eigenvalue weighted by atomic mass is 9.89. The summed E-state index contributed by atoms with van der Waals surface area (Å²) in [4.78, 5) is 44.0. The number of carbonyl (C=O) groups is 3. The highest BCUT2D eigenvalue weighted by Gasteiger charge is 2.38. The minimum absolute atomic E-state index is 0.0226. The molecule has 1 fully saturated rings. The van der Waals surface area contributed by atoms with Crippen LogP contribution in [0.2, 0.25) is 0 Å². The van der Waals surface area contributed by atoms with Crippen LogP contribution in [-0.4, -0.2) is 75.3 Å². The number of esters is 1. The quantitative estimate of drug-likeness (QED) is 0.0393. The number of rotatable bonds is 17. The van der Waals surface area contributed by atoms with Gasteiger partial charge in [-0.15, -0.1) is 0 Å². The molecule has 6 atom stereocenters. The first-order valence-corrected chi connectivity index (χ1v) is 20.7. The van der Waals surface area contributed by atoms with E-state index in [-0.39, 0.29) is 66.0 Å². The summed E-state index contributed by atoms with van der Waals surface area (Å²) in [7, 11) is 0. The molecule has 3 aromatic carbocycles. The molecule has 1 heterocycles. The Balaban J connectivity index is 1.43. The molecule has 334 valence electrons. The van der Waals surface area contributed by atoms with Crippen molar-refractivity contribution in [1.29, 1.82) is 0 Å². The Morgan fingerprint density at radius 1 is 0.952 bits per heavy atom.